The second-order valence-corrected chi connectivity index (χ2v) is 14.3. The van der Waals surface area contributed by atoms with Crippen molar-refractivity contribution in [2.24, 2.45) is 11.8 Å². The number of hydrogen-bond donors (Lipinski definition) is 0. The first-order valence-electron chi connectivity index (χ1n) is 10.5. The lowest BCUT2D eigenvalue weighted by molar-refractivity contribution is -0.125. The van der Waals surface area contributed by atoms with Crippen LogP contribution in [0.5, 0.6) is 0 Å². The molecule has 0 aliphatic rings. The molecule has 3 heteroatoms. The highest BCUT2D eigenvalue weighted by atomic mass is 28.4. The minimum atomic E-state index is -1.91. The third kappa shape index (κ3) is 6.43. The van der Waals surface area contributed by atoms with Crippen LogP contribution in [0.3, 0.4) is 0 Å². The lowest BCUT2D eigenvalue weighted by Crippen LogP contribution is -2.49. The number of benzene rings is 1. The maximum atomic E-state index is 12.8. The summed E-state index contributed by atoms with van der Waals surface area (Å²) in [5.41, 5.74) is 2.90. The van der Waals surface area contributed by atoms with Gasteiger partial charge in [0.15, 0.2) is 8.32 Å². The van der Waals surface area contributed by atoms with E-state index in [1.165, 1.54) is 5.56 Å². The minimum absolute atomic E-state index is 0.0653. The first-order valence-corrected chi connectivity index (χ1v) is 12.6. The van der Waals surface area contributed by atoms with Crippen LogP contribution in [0.15, 0.2) is 42.5 Å². The molecule has 0 saturated carbocycles. The predicted octanol–water partition coefficient (Wildman–Crippen LogP) is 6.82. The Balaban J connectivity index is 2.66. The Morgan fingerprint density at radius 2 is 1.44 bits per heavy atom. The monoisotopic (exact) mass is 388 g/mol. The van der Waals surface area contributed by atoms with Gasteiger partial charge in [0, 0.05) is 18.4 Å². The summed E-state index contributed by atoms with van der Waals surface area (Å²) >= 11 is 0. The van der Waals surface area contributed by atoms with Crippen LogP contribution in [0.2, 0.25) is 16.6 Å². The highest BCUT2D eigenvalue weighted by Crippen LogP contribution is 2.42. The summed E-state index contributed by atoms with van der Waals surface area (Å²) in [6.07, 6.45) is 5.03. The second-order valence-electron chi connectivity index (χ2n) is 8.84. The molecule has 2 atom stereocenters. The fourth-order valence-electron chi connectivity index (χ4n) is 4.42. The molecule has 0 unspecified atom stereocenters. The van der Waals surface area contributed by atoms with Gasteiger partial charge in [-0.25, -0.2) is 0 Å². The molecule has 1 aromatic rings. The van der Waals surface area contributed by atoms with Crippen LogP contribution in [-0.4, -0.2) is 20.7 Å². The molecule has 0 aliphatic carbocycles. The summed E-state index contributed by atoms with van der Waals surface area (Å²) < 4.78 is 6.61. The summed E-state index contributed by atoms with van der Waals surface area (Å²) in [7, 11) is -1.91. The maximum absolute atomic E-state index is 12.8. The zero-order valence-corrected chi connectivity index (χ0v) is 19.7. The van der Waals surface area contributed by atoms with E-state index in [4.69, 9.17) is 4.43 Å². The molecular weight excluding hydrogens is 348 g/mol. The quantitative estimate of drug-likeness (QED) is 0.307. The largest absolute Gasteiger partial charge is 0.415 e. The van der Waals surface area contributed by atoms with Crippen molar-refractivity contribution in [3.63, 3.8) is 0 Å². The Morgan fingerprint density at radius 3 is 1.93 bits per heavy atom. The van der Waals surface area contributed by atoms with Gasteiger partial charge in [-0.3, -0.25) is 4.79 Å². The lowest BCUT2D eigenvalue weighted by atomic mass is 9.95. The molecule has 0 aromatic heterocycles. The van der Waals surface area contributed by atoms with Crippen molar-refractivity contribution in [1.29, 1.82) is 0 Å². The molecule has 0 bridgehead atoms. The van der Waals surface area contributed by atoms with Crippen LogP contribution in [0.25, 0.3) is 0 Å². The molecule has 2 nitrogen and oxygen atoms in total. The van der Waals surface area contributed by atoms with Crippen LogP contribution >= 0.6 is 0 Å². The van der Waals surface area contributed by atoms with Crippen LogP contribution < -0.4 is 0 Å². The van der Waals surface area contributed by atoms with Gasteiger partial charge in [0.2, 0.25) is 0 Å². The Morgan fingerprint density at radius 1 is 0.926 bits per heavy atom. The Kier molecular flexibility index (Phi) is 9.68. The second kappa shape index (κ2) is 11.0. The summed E-state index contributed by atoms with van der Waals surface area (Å²) in [6.45, 7) is 18.3. The van der Waals surface area contributed by atoms with Crippen molar-refractivity contribution in [2.75, 3.05) is 6.61 Å². The standard InChI is InChI=1S/C24H40O2Si/c1-18(2)27(19(3)4,20(5)6)26-17-22(8)24(25)21(7)13-12-16-23-14-10-9-11-15-23/h9-15,18-22H,16-17H2,1-8H3/b13-12+/t21-,22-/m0/s1. The SMILES string of the molecule is CC(C)[Si](OC[C@H](C)C(=O)[C@@H](C)/C=C/Cc1ccccc1)(C(C)C)C(C)C. The Hall–Kier alpha value is -1.19. The molecule has 27 heavy (non-hydrogen) atoms. The number of rotatable bonds is 11. The highest BCUT2D eigenvalue weighted by Gasteiger charge is 2.45. The van der Waals surface area contributed by atoms with Gasteiger partial charge < -0.3 is 4.43 Å². The first kappa shape index (κ1) is 23.8. The molecule has 0 spiro atoms. The van der Waals surface area contributed by atoms with E-state index in [9.17, 15) is 4.79 Å². The molecule has 152 valence electrons. The molecule has 0 heterocycles. The Bertz CT molecular complexity index is 568. The zero-order chi connectivity index (χ0) is 20.6. The third-order valence-electron chi connectivity index (χ3n) is 5.85. The summed E-state index contributed by atoms with van der Waals surface area (Å²) in [4.78, 5) is 12.8. The molecule has 0 amide bonds. The topological polar surface area (TPSA) is 26.3 Å². The van der Waals surface area contributed by atoms with Gasteiger partial charge in [0.05, 0.1) is 0 Å². The van der Waals surface area contributed by atoms with Crippen molar-refractivity contribution in [3.05, 3.63) is 48.0 Å². The van der Waals surface area contributed by atoms with E-state index in [0.717, 1.165) is 6.42 Å². The number of hydrogen-bond acceptors (Lipinski definition) is 2. The maximum Gasteiger partial charge on any atom is 0.200 e. The van der Waals surface area contributed by atoms with Crippen molar-refractivity contribution in [1.82, 2.24) is 0 Å². The van der Waals surface area contributed by atoms with Gasteiger partial charge in [0.25, 0.3) is 0 Å². The van der Waals surface area contributed by atoms with Crippen molar-refractivity contribution >= 4 is 14.1 Å². The van der Waals surface area contributed by atoms with Crippen LogP contribution in [0, 0.1) is 11.8 Å². The molecular formula is C24H40O2Si. The van der Waals surface area contributed by atoms with E-state index in [1.54, 1.807) is 0 Å². The summed E-state index contributed by atoms with van der Waals surface area (Å²) in [5, 5.41) is 0. The summed E-state index contributed by atoms with van der Waals surface area (Å²) in [6, 6.07) is 10.3. The molecule has 1 rings (SSSR count). The van der Waals surface area contributed by atoms with Crippen LogP contribution in [0.1, 0.15) is 61.0 Å². The van der Waals surface area contributed by atoms with E-state index < -0.39 is 8.32 Å². The molecule has 1 aromatic carbocycles. The molecule has 0 radical (unpaired) electrons. The lowest BCUT2D eigenvalue weighted by Gasteiger charge is -2.42. The van der Waals surface area contributed by atoms with E-state index in [2.05, 4.69) is 59.8 Å². The minimum Gasteiger partial charge on any atom is -0.415 e. The first-order chi connectivity index (χ1) is 12.6. The third-order valence-corrected chi connectivity index (χ3v) is 11.9. The zero-order valence-electron chi connectivity index (χ0n) is 18.7. The smallest absolute Gasteiger partial charge is 0.200 e. The van der Waals surface area contributed by atoms with Gasteiger partial charge in [-0.1, -0.05) is 97.9 Å². The van der Waals surface area contributed by atoms with Crippen molar-refractivity contribution in [3.8, 4) is 0 Å². The summed E-state index contributed by atoms with van der Waals surface area (Å²) in [5.74, 6) is 0.142. The van der Waals surface area contributed by atoms with Crippen molar-refractivity contribution in [2.45, 2.75) is 78.4 Å². The molecule has 0 saturated heterocycles. The van der Waals surface area contributed by atoms with Gasteiger partial charge in [-0.15, -0.1) is 0 Å². The van der Waals surface area contributed by atoms with Gasteiger partial charge in [-0.05, 0) is 28.6 Å². The number of carbonyl (C=O) groups excluding carboxylic acids is 1. The average Bonchev–Trinajstić information content (AvgIpc) is 2.61. The van der Waals surface area contributed by atoms with Gasteiger partial charge >= 0.3 is 0 Å². The highest BCUT2D eigenvalue weighted by molar-refractivity contribution is 6.77. The predicted molar refractivity (Wildman–Crippen MR) is 120 cm³/mol. The fourth-order valence-corrected chi connectivity index (χ4v) is 9.96. The van der Waals surface area contributed by atoms with Gasteiger partial charge in [0.1, 0.15) is 5.78 Å². The molecule has 0 N–H and O–H groups in total. The van der Waals surface area contributed by atoms with E-state index in [-0.39, 0.29) is 17.6 Å². The molecule has 0 fully saturated rings. The number of Topliss-reactive ketones (excluding diaryl/α,β-unsaturated/α-hetero) is 1. The Labute approximate surface area is 168 Å². The fraction of sp³-hybridized carbons (Fsp3) is 0.625. The van der Waals surface area contributed by atoms with Crippen LogP contribution in [-0.2, 0) is 15.6 Å². The van der Waals surface area contributed by atoms with E-state index in [1.807, 2.05) is 38.1 Å². The van der Waals surface area contributed by atoms with Crippen molar-refractivity contribution < 1.29 is 9.22 Å². The van der Waals surface area contributed by atoms with Crippen LogP contribution in [0.4, 0.5) is 0 Å². The normalized spacial score (nSPS) is 15.1. The van der Waals surface area contributed by atoms with E-state index in [0.29, 0.717) is 23.2 Å². The van der Waals surface area contributed by atoms with Gasteiger partial charge in [-0.2, -0.15) is 0 Å². The molecule has 0 aliphatic heterocycles. The number of allylic oxidation sites excluding steroid dienone is 2. The average molecular weight is 389 g/mol. The number of carbonyl (C=O) groups is 1. The van der Waals surface area contributed by atoms with E-state index >= 15 is 0 Å². The number of ketones is 1.